The number of H-pyrrole nitrogens is 1. The van der Waals surface area contributed by atoms with E-state index in [1.165, 1.54) is 0 Å². The van der Waals surface area contributed by atoms with Gasteiger partial charge in [-0.1, -0.05) is 30.3 Å². The summed E-state index contributed by atoms with van der Waals surface area (Å²) in [7, 11) is -3.71. The number of nitrogens with one attached hydrogen (secondary N) is 3. The number of carbonyl (C=O) groups excluding carboxylic acids is 1. The summed E-state index contributed by atoms with van der Waals surface area (Å²) in [5.41, 5.74) is 3.28. The molecule has 0 unspecified atom stereocenters. The molecule has 8 nitrogen and oxygen atoms in total. The molecule has 0 radical (unpaired) electrons. The Morgan fingerprint density at radius 3 is 2.44 bits per heavy atom. The normalized spacial score (nSPS) is 19.1. The van der Waals surface area contributed by atoms with Crippen LogP contribution in [0.4, 0.5) is 0 Å². The maximum Gasteiger partial charge on any atom is 0.240 e. The SMILES string of the molecule is C[C@@H](NC(=O)C1CCC(NS(=O)(=O)c2ccc3nc(-c4ccncc4)[nH]c3c2)CC1)c1ccccc1. The van der Waals surface area contributed by atoms with Gasteiger partial charge in [0.1, 0.15) is 5.82 Å². The van der Waals surface area contributed by atoms with Crippen LogP contribution in [-0.2, 0) is 14.8 Å². The summed E-state index contributed by atoms with van der Waals surface area (Å²) in [5, 5.41) is 3.10. The average molecular weight is 504 g/mol. The maximum absolute atomic E-state index is 13.1. The number of hydrogen-bond donors (Lipinski definition) is 3. The molecule has 0 spiro atoms. The Morgan fingerprint density at radius 2 is 1.72 bits per heavy atom. The molecule has 3 N–H and O–H groups in total. The number of amides is 1. The second-order valence-electron chi connectivity index (χ2n) is 9.31. The fraction of sp³-hybridized carbons (Fsp3) is 0.296. The molecule has 1 amide bonds. The summed E-state index contributed by atoms with van der Waals surface area (Å²) in [6.45, 7) is 1.98. The molecule has 2 aromatic carbocycles. The Hall–Kier alpha value is -3.56. The Kier molecular flexibility index (Phi) is 6.84. The first-order valence-electron chi connectivity index (χ1n) is 12.2. The number of benzene rings is 2. The van der Waals surface area contributed by atoms with Crippen LogP contribution in [0.15, 0.2) is 78.0 Å². The van der Waals surface area contributed by atoms with Crippen molar-refractivity contribution in [3.63, 3.8) is 0 Å². The fourth-order valence-corrected chi connectivity index (χ4v) is 6.05. The van der Waals surface area contributed by atoms with E-state index in [0.29, 0.717) is 42.5 Å². The third-order valence-electron chi connectivity index (χ3n) is 6.80. The van der Waals surface area contributed by atoms with Crippen LogP contribution >= 0.6 is 0 Å². The van der Waals surface area contributed by atoms with Gasteiger partial charge in [-0.25, -0.2) is 18.1 Å². The van der Waals surface area contributed by atoms with Crippen LogP contribution in [-0.4, -0.2) is 35.3 Å². The fourth-order valence-electron chi connectivity index (χ4n) is 4.72. The second kappa shape index (κ2) is 10.2. The van der Waals surface area contributed by atoms with Crippen molar-refractivity contribution in [3.8, 4) is 11.4 Å². The largest absolute Gasteiger partial charge is 0.349 e. The number of aromatic nitrogens is 3. The molecule has 4 aromatic rings. The monoisotopic (exact) mass is 503 g/mol. The molecule has 2 aromatic heterocycles. The first kappa shape index (κ1) is 24.1. The van der Waals surface area contributed by atoms with E-state index in [4.69, 9.17) is 0 Å². The molecule has 0 aliphatic heterocycles. The zero-order chi connectivity index (χ0) is 25.1. The van der Waals surface area contributed by atoms with Gasteiger partial charge < -0.3 is 10.3 Å². The molecule has 186 valence electrons. The molecular weight excluding hydrogens is 474 g/mol. The average Bonchev–Trinajstić information content (AvgIpc) is 3.33. The standard InChI is InChI=1S/C27H29N5O3S/c1-18(19-5-3-2-4-6-19)29-27(33)21-7-9-22(10-8-21)32-36(34,35)23-11-12-24-25(17-23)31-26(30-24)20-13-15-28-16-14-20/h2-6,11-18,21-22,32H,7-10H2,1H3,(H,29,33)(H,30,31)/t18-,21?,22?/m1/s1. The van der Waals surface area contributed by atoms with Crippen molar-refractivity contribution in [1.82, 2.24) is 25.0 Å². The van der Waals surface area contributed by atoms with Gasteiger partial charge in [0.15, 0.2) is 0 Å². The van der Waals surface area contributed by atoms with Crippen LogP contribution in [0.3, 0.4) is 0 Å². The molecule has 36 heavy (non-hydrogen) atoms. The van der Waals surface area contributed by atoms with E-state index >= 15 is 0 Å². The molecule has 2 heterocycles. The number of imidazole rings is 1. The van der Waals surface area contributed by atoms with E-state index in [0.717, 1.165) is 11.1 Å². The molecule has 0 bridgehead atoms. The van der Waals surface area contributed by atoms with Crippen LogP contribution in [0.2, 0.25) is 0 Å². The maximum atomic E-state index is 13.1. The number of rotatable bonds is 7. The lowest BCUT2D eigenvalue weighted by Crippen LogP contribution is -2.41. The molecule has 0 saturated heterocycles. The van der Waals surface area contributed by atoms with Crippen LogP contribution < -0.4 is 10.0 Å². The number of aromatic amines is 1. The lowest BCUT2D eigenvalue weighted by Gasteiger charge is -2.29. The van der Waals surface area contributed by atoms with Crippen molar-refractivity contribution in [1.29, 1.82) is 0 Å². The molecule has 1 atom stereocenters. The van der Waals surface area contributed by atoms with Crippen LogP contribution in [0.1, 0.15) is 44.2 Å². The predicted molar refractivity (Wildman–Crippen MR) is 138 cm³/mol. The van der Waals surface area contributed by atoms with Crippen LogP contribution in [0.25, 0.3) is 22.4 Å². The van der Waals surface area contributed by atoms with Gasteiger partial charge in [0.05, 0.1) is 22.0 Å². The van der Waals surface area contributed by atoms with Gasteiger partial charge in [-0.3, -0.25) is 9.78 Å². The number of fused-ring (bicyclic) bond motifs is 1. The van der Waals surface area contributed by atoms with Crippen molar-refractivity contribution in [2.24, 2.45) is 5.92 Å². The van der Waals surface area contributed by atoms with Crippen molar-refractivity contribution in [2.45, 2.75) is 49.6 Å². The molecule has 1 fully saturated rings. The van der Waals surface area contributed by atoms with Crippen LogP contribution in [0, 0.1) is 5.92 Å². The summed E-state index contributed by atoms with van der Waals surface area (Å²) in [4.78, 5) is 24.7. The van der Waals surface area contributed by atoms with E-state index in [-0.39, 0.29) is 28.8 Å². The summed E-state index contributed by atoms with van der Waals surface area (Å²) < 4.78 is 29.1. The molecule has 1 saturated carbocycles. The zero-order valence-electron chi connectivity index (χ0n) is 20.0. The minimum atomic E-state index is -3.71. The van der Waals surface area contributed by atoms with Crippen molar-refractivity contribution in [2.75, 3.05) is 0 Å². The van der Waals surface area contributed by atoms with Crippen LogP contribution in [0.5, 0.6) is 0 Å². The summed E-state index contributed by atoms with van der Waals surface area (Å²) in [5.74, 6) is 0.584. The molecule has 1 aliphatic carbocycles. The summed E-state index contributed by atoms with van der Waals surface area (Å²) in [6, 6.07) is 18.2. The lowest BCUT2D eigenvalue weighted by atomic mass is 9.85. The Morgan fingerprint density at radius 1 is 1.00 bits per heavy atom. The van der Waals surface area contributed by atoms with Gasteiger partial charge in [-0.05, 0) is 68.5 Å². The van der Waals surface area contributed by atoms with E-state index < -0.39 is 10.0 Å². The Bertz CT molecular complexity index is 1450. The highest BCUT2D eigenvalue weighted by atomic mass is 32.2. The quantitative estimate of drug-likeness (QED) is 0.347. The van der Waals surface area contributed by atoms with Gasteiger partial charge in [0.25, 0.3) is 0 Å². The molecule has 5 rings (SSSR count). The highest BCUT2D eigenvalue weighted by Gasteiger charge is 2.30. The lowest BCUT2D eigenvalue weighted by molar-refractivity contribution is -0.126. The Labute approximate surface area is 210 Å². The smallest absolute Gasteiger partial charge is 0.240 e. The topological polar surface area (TPSA) is 117 Å². The molecule has 9 heteroatoms. The van der Waals surface area contributed by atoms with E-state index in [9.17, 15) is 13.2 Å². The van der Waals surface area contributed by atoms with E-state index in [1.54, 1.807) is 30.6 Å². The van der Waals surface area contributed by atoms with Gasteiger partial charge in [-0.15, -0.1) is 0 Å². The number of nitrogens with zero attached hydrogens (tertiary/aromatic N) is 2. The molecule has 1 aliphatic rings. The van der Waals surface area contributed by atoms with Crippen molar-refractivity contribution < 1.29 is 13.2 Å². The van der Waals surface area contributed by atoms with Crippen molar-refractivity contribution in [3.05, 3.63) is 78.6 Å². The van der Waals surface area contributed by atoms with Crippen molar-refractivity contribution >= 4 is 27.0 Å². The minimum absolute atomic E-state index is 0.0300. The first-order chi connectivity index (χ1) is 17.4. The first-order valence-corrected chi connectivity index (χ1v) is 13.7. The van der Waals surface area contributed by atoms with E-state index in [2.05, 4.69) is 25.0 Å². The highest BCUT2D eigenvalue weighted by Crippen LogP contribution is 2.28. The number of pyridine rings is 1. The zero-order valence-corrected chi connectivity index (χ0v) is 20.8. The Balaban J connectivity index is 1.20. The summed E-state index contributed by atoms with van der Waals surface area (Å²) in [6.07, 6.45) is 5.91. The second-order valence-corrected chi connectivity index (χ2v) is 11.0. The van der Waals surface area contributed by atoms with Gasteiger partial charge in [0, 0.05) is 29.9 Å². The third kappa shape index (κ3) is 5.32. The number of hydrogen-bond acceptors (Lipinski definition) is 5. The predicted octanol–water partition coefficient (Wildman–Crippen LogP) is 4.34. The van der Waals surface area contributed by atoms with Gasteiger partial charge in [-0.2, -0.15) is 0 Å². The van der Waals surface area contributed by atoms with Gasteiger partial charge in [0.2, 0.25) is 15.9 Å². The number of sulfonamides is 1. The number of carbonyl (C=O) groups is 1. The van der Waals surface area contributed by atoms with E-state index in [1.807, 2.05) is 49.4 Å². The van der Waals surface area contributed by atoms with Gasteiger partial charge >= 0.3 is 0 Å². The minimum Gasteiger partial charge on any atom is -0.349 e. The summed E-state index contributed by atoms with van der Waals surface area (Å²) >= 11 is 0. The highest BCUT2D eigenvalue weighted by molar-refractivity contribution is 7.89. The third-order valence-corrected chi connectivity index (χ3v) is 8.31. The molecular formula is C27H29N5O3S.